The zero-order valence-electron chi connectivity index (χ0n) is 13.9. The molecule has 124 valence electrons. The molecule has 1 N–H and O–H groups in total. The average molecular weight is 343 g/mol. The van der Waals surface area contributed by atoms with Gasteiger partial charge in [0.25, 0.3) is 5.91 Å². The van der Waals surface area contributed by atoms with Gasteiger partial charge in [-0.1, -0.05) is 23.7 Å². The van der Waals surface area contributed by atoms with Crippen LogP contribution in [0.25, 0.3) is 10.9 Å². The van der Waals surface area contributed by atoms with Gasteiger partial charge >= 0.3 is 0 Å². The lowest BCUT2D eigenvalue weighted by molar-refractivity contribution is 0.0942. The molecule has 2 aromatic carbocycles. The topological polar surface area (TPSA) is 43.3 Å². The van der Waals surface area contributed by atoms with Crippen molar-refractivity contribution in [2.24, 2.45) is 7.05 Å². The first-order chi connectivity index (χ1) is 11.5. The number of hydrogen-bond donors (Lipinski definition) is 1. The molecule has 24 heavy (non-hydrogen) atoms. The number of methoxy groups -OCH3 is 1. The zero-order chi connectivity index (χ0) is 17.3. The third-order valence-corrected chi connectivity index (χ3v) is 4.48. The first-order valence-corrected chi connectivity index (χ1v) is 8.04. The molecular formula is C19H19ClN2O2. The van der Waals surface area contributed by atoms with Gasteiger partial charge in [-0.25, -0.2) is 0 Å². The molecule has 0 atom stereocenters. The summed E-state index contributed by atoms with van der Waals surface area (Å²) in [5, 5.41) is 4.64. The Hall–Kier alpha value is -2.46. The standard InChI is InChI=1S/C19H19ClN2O2/c1-12-16-10-14(20)6-9-17(16)22(2)18(12)19(23)21-11-13-4-7-15(24-3)8-5-13/h4-10H,11H2,1-3H3,(H,21,23). The summed E-state index contributed by atoms with van der Waals surface area (Å²) >= 11 is 6.08. The second-order valence-electron chi connectivity index (χ2n) is 5.72. The molecule has 3 rings (SSSR count). The van der Waals surface area contributed by atoms with Crippen LogP contribution in [0.2, 0.25) is 5.02 Å². The molecule has 0 fully saturated rings. The van der Waals surface area contributed by atoms with Crippen LogP contribution in [0.15, 0.2) is 42.5 Å². The van der Waals surface area contributed by atoms with Crippen molar-refractivity contribution in [3.8, 4) is 5.75 Å². The third-order valence-electron chi connectivity index (χ3n) is 4.24. The van der Waals surface area contributed by atoms with Crippen LogP contribution >= 0.6 is 11.6 Å². The van der Waals surface area contributed by atoms with E-state index in [-0.39, 0.29) is 5.91 Å². The Morgan fingerprint density at radius 3 is 2.58 bits per heavy atom. The highest BCUT2D eigenvalue weighted by Crippen LogP contribution is 2.27. The SMILES string of the molecule is COc1ccc(CNC(=O)c2c(C)c3cc(Cl)ccc3n2C)cc1. The normalized spacial score (nSPS) is 10.8. The number of halogens is 1. The number of carbonyl (C=O) groups excluding carboxylic acids is 1. The van der Waals surface area contributed by atoms with Crippen molar-refractivity contribution >= 4 is 28.4 Å². The van der Waals surface area contributed by atoms with E-state index in [0.29, 0.717) is 17.3 Å². The minimum atomic E-state index is -0.0989. The molecule has 0 bridgehead atoms. The number of nitrogens with zero attached hydrogens (tertiary/aromatic N) is 1. The molecule has 5 heteroatoms. The number of ether oxygens (including phenoxy) is 1. The van der Waals surface area contributed by atoms with Crippen LogP contribution in [0.1, 0.15) is 21.6 Å². The lowest BCUT2D eigenvalue weighted by Crippen LogP contribution is -2.25. The Balaban J connectivity index is 1.83. The third kappa shape index (κ3) is 2.97. The number of aromatic nitrogens is 1. The van der Waals surface area contributed by atoms with Crippen molar-refractivity contribution in [3.63, 3.8) is 0 Å². The molecule has 0 aliphatic rings. The number of aryl methyl sites for hydroxylation is 2. The quantitative estimate of drug-likeness (QED) is 0.776. The molecule has 0 aliphatic heterocycles. The number of hydrogen-bond acceptors (Lipinski definition) is 2. The maximum atomic E-state index is 12.6. The molecular weight excluding hydrogens is 324 g/mol. The predicted octanol–water partition coefficient (Wildman–Crippen LogP) is 4.08. The van der Waals surface area contributed by atoms with E-state index in [4.69, 9.17) is 16.3 Å². The maximum absolute atomic E-state index is 12.6. The molecule has 0 radical (unpaired) electrons. The summed E-state index contributed by atoms with van der Waals surface area (Å²) in [6.45, 7) is 2.41. The fourth-order valence-electron chi connectivity index (χ4n) is 2.93. The highest BCUT2D eigenvalue weighted by atomic mass is 35.5. The second-order valence-corrected chi connectivity index (χ2v) is 6.16. The van der Waals surface area contributed by atoms with Gasteiger partial charge in [0, 0.05) is 29.5 Å². The van der Waals surface area contributed by atoms with E-state index in [9.17, 15) is 4.79 Å². The zero-order valence-corrected chi connectivity index (χ0v) is 14.6. The van der Waals surface area contributed by atoms with Crippen LogP contribution in [0.4, 0.5) is 0 Å². The lowest BCUT2D eigenvalue weighted by Gasteiger charge is -2.08. The minimum absolute atomic E-state index is 0.0989. The summed E-state index contributed by atoms with van der Waals surface area (Å²) in [7, 11) is 3.53. The molecule has 1 heterocycles. The molecule has 0 aliphatic carbocycles. The van der Waals surface area contributed by atoms with Gasteiger partial charge in [0.15, 0.2) is 0 Å². The van der Waals surface area contributed by atoms with Gasteiger partial charge in [-0.2, -0.15) is 0 Å². The van der Waals surface area contributed by atoms with Crippen LogP contribution < -0.4 is 10.1 Å². The van der Waals surface area contributed by atoms with E-state index in [1.165, 1.54) is 0 Å². The van der Waals surface area contributed by atoms with Crippen molar-refractivity contribution in [3.05, 3.63) is 64.3 Å². The Kier molecular flexibility index (Phi) is 4.49. The number of amides is 1. The van der Waals surface area contributed by atoms with E-state index >= 15 is 0 Å². The Morgan fingerprint density at radius 2 is 1.92 bits per heavy atom. The molecule has 0 unspecified atom stereocenters. The van der Waals surface area contributed by atoms with Crippen LogP contribution in [0.5, 0.6) is 5.75 Å². The number of nitrogens with one attached hydrogen (secondary N) is 1. The highest BCUT2D eigenvalue weighted by Gasteiger charge is 2.18. The summed E-state index contributed by atoms with van der Waals surface area (Å²) < 4.78 is 7.04. The number of benzene rings is 2. The van der Waals surface area contributed by atoms with Crippen molar-refractivity contribution in [1.29, 1.82) is 0 Å². The van der Waals surface area contributed by atoms with Crippen LogP contribution in [-0.4, -0.2) is 17.6 Å². The second kappa shape index (κ2) is 6.57. The van der Waals surface area contributed by atoms with Crippen LogP contribution in [0.3, 0.4) is 0 Å². The molecule has 3 aromatic rings. The van der Waals surface area contributed by atoms with Gasteiger partial charge in [-0.3, -0.25) is 4.79 Å². The van der Waals surface area contributed by atoms with Gasteiger partial charge in [-0.05, 0) is 48.4 Å². The fourth-order valence-corrected chi connectivity index (χ4v) is 3.10. The van der Waals surface area contributed by atoms with Crippen molar-refractivity contribution < 1.29 is 9.53 Å². The fraction of sp³-hybridized carbons (Fsp3) is 0.211. The first kappa shape index (κ1) is 16.4. The minimum Gasteiger partial charge on any atom is -0.497 e. The Bertz CT molecular complexity index is 898. The lowest BCUT2D eigenvalue weighted by atomic mass is 10.1. The molecule has 4 nitrogen and oxygen atoms in total. The monoisotopic (exact) mass is 342 g/mol. The van der Waals surface area contributed by atoms with E-state index in [0.717, 1.165) is 27.8 Å². The smallest absolute Gasteiger partial charge is 0.268 e. The van der Waals surface area contributed by atoms with Gasteiger partial charge in [0.05, 0.1) is 7.11 Å². The van der Waals surface area contributed by atoms with Gasteiger partial charge in [-0.15, -0.1) is 0 Å². The number of carbonyl (C=O) groups is 1. The molecule has 1 amide bonds. The maximum Gasteiger partial charge on any atom is 0.268 e. The van der Waals surface area contributed by atoms with Crippen LogP contribution in [-0.2, 0) is 13.6 Å². The van der Waals surface area contributed by atoms with Gasteiger partial charge < -0.3 is 14.6 Å². The van der Waals surface area contributed by atoms with Crippen molar-refractivity contribution in [2.45, 2.75) is 13.5 Å². The molecule has 0 spiro atoms. The molecule has 0 saturated heterocycles. The first-order valence-electron chi connectivity index (χ1n) is 7.67. The Labute approximate surface area is 146 Å². The number of fused-ring (bicyclic) bond motifs is 1. The van der Waals surface area contributed by atoms with E-state index < -0.39 is 0 Å². The summed E-state index contributed by atoms with van der Waals surface area (Å²) in [6.07, 6.45) is 0. The highest BCUT2D eigenvalue weighted by molar-refractivity contribution is 6.31. The average Bonchev–Trinajstić information content (AvgIpc) is 2.83. The largest absolute Gasteiger partial charge is 0.497 e. The molecule has 0 saturated carbocycles. The van der Waals surface area contributed by atoms with Crippen molar-refractivity contribution in [2.75, 3.05) is 7.11 Å². The predicted molar refractivity (Wildman–Crippen MR) is 96.8 cm³/mol. The summed E-state index contributed by atoms with van der Waals surface area (Å²) in [5.41, 5.74) is 3.60. The van der Waals surface area contributed by atoms with E-state index in [1.54, 1.807) is 7.11 Å². The summed E-state index contributed by atoms with van der Waals surface area (Å²) in [6, 6.07) is 13.3. The van der Waals surface area contributed by atoms with Crippen molar-refractivity contribution in [1.82, 2.24) is 9.88 Å². The summed E-state index contributed by atoms with van der Waals surface area (Å²) in [4.78, 5) is 12.6. The molecule has 1 aromatic heterocycles. The Morgan fingerprint density at radius 1 is 1.21 bits per heavy atom. The van der Waals surface area contributed by atoms with Gasteiger partial charge in [0.1, 0.15) is 11.4 Å². The summed E-state index contributed by atoms with van der Waals surface area (Å²) in [5.74, 6) is 0.699. The van der Waals surface area contributed by atoms with E-state index in [2.05, 4.69) is 5.32 Å². The van der Waals surface area contributed by atoms with E-state index in [1.807, 2.05) is 61.0 Å². The van der Waals surface area contributed by atoms with Crippen LogP contribution in [0, 0.1) is 6.92 Å². The number of rotatable bonds is 4. The van der Waals surface area contributed by atoms with Gasteiger partial charge in [0.2, 0.25) is 0 Å².